The fourth-order valence-electron chi connectivity index (χ4n) is 4.00. The maximum atomic E-state index is 13.7. The monoisotopic (exact) mass is 338 g/mol. The standard InChI is InChI=1S/C20H28F2O2/c1-3-7-14-10-12-16(13-11-14)17(15-8-5-4-6-9-15)18(19(21)22)20(23)24-2/h10-13,15,17-19H,3-9H2,1-2H3. The number of hydrogen-bond acceptors (Lipinski definition) is 2. The molecule has 4 heteroatoms. The Balaban J connectivity index is 2.35. The Labute approximate surface area is 143 Å². The zero-order valence-corrected chi connectivity index (χ0v) is 14.6. The third kappa shape index (κ3) is 4.55. The summed E-state index contributed by atoms with van der Waals surface area (Å²) in [6, 6.07) is 7.88. The van der Waals surface area contributed by atoms with Gasteiger partial charge < -0.3 is 4.74 Å². The molecule has 0 aromatic heterocycles. The van der Waals surface area contributed by atoms with Gasteiger partial charge >= 0.3 is 5.97 Å². The summed E-state index contributed by atoms with van der Waals surface area (Å²) in [5.41, 5.74) is 2.05. The van der Waals surface area contributed by atoms with E-state index >= 15 is 0 Å². The summed E-state index contributed by atoms with van der Waals surface area (Å²) in [5.74, 6) is -2.52. The van der Waals surface area contributed by atoms with Gasteiger partial charge in [0.25, 0.3) is 6.43 Å². The van der Waals surface area contributed by atoms with Crippen molar-refractivity contribution in [3.05, 3.63) is 35.4 Å². The topological polar surface area (TPSA) is 26.3 Å². The molecule has 0 spiro atoms. The molecular weight excluding hydrogens is 310 g/mol. The van der Waals surface area contributed by atoms with E-state index in [1.807, 2.05) is 24.3 Å². The largest absolute Gasteiger partial charge is 0.469 e. The van der Waals surface area contributed by atoms with Crippen molar-refractivity contribution < 1.29 is 18.3 Å². The molecule has 2 atom stereocenters. The Morgan fingerprint density at radius 1 is 1.17 bits per heavy atom. The van der Waals surface area contributed by atoms with Crippen LogP contribution in [0, 0.1) is 11.8 Å². The third-order valence-electron chi connectivity index (χ3n) is 5.19. The lowest BCUT2D eigenvalue weighted by atomic mass is 9.70. The lowest BCUT2D eigenvalue weighted by Crippen LogP contribution is -2.35. The SMILES string of the molecule is CCCc1ccc(C(C2CCCCC2)C(C(=O)OC)C(F)F)cc1. The van der Waals surface area contributed by atoms with Crippen LogP contribution in [-0.2, 0) is 16.0 Å². The minimum atomic E-state index is -2.71. The Kier molecular flexibility index (Phi) is 7.19. The molecule has 0 N–H and O–H groups in total. The van der Waals surface area contributed by atoms with Crippen LogP contribution in [0.15, 0.2) is 24.3 Å². The molecule has 0 heterocycles. The molecule has 1 aliphatic rings. The highest BCUT2D eigenvalue weighted by Gasteiger charge is 2.42. The van der Waals surface area contributed by atoms with Gasteiger partial charge in [0, 0.05) is 5.92 Å². The van der Waals surface area contributed by atoms with Crippen LogP contribution >= 0.6 is 0 Å². The number of alkyl halides is 2. The second-order valence-electron chi connectivity index (χ2n) is 6.80. The highest BCUT2D eigenvalue weighted by molar-refractivity contribution is 5.74. The van der Waals surface area contributed by atoms with Crippen molar-refractivity contribution in [2.24, 2.45) is 11.8 Å². The molecule has 1 fully saturated rings. The summed E-state index contributed by atoms with van der Waals surface area (Å²) in [7, 11) is 1.19. The maximum Gasteiger partial charge on any atom is 0.315 e. The average molecular weight is 338 g/mol. The van der Waals surface area contributed by atoms with Crippen molar-refractivity contribution in [2.75, 3.05) is 7.11 Å². The molecule has 24 heavy (non-hydrogen) atoms. The normalized spacial score (nSPS) is 18.4. The van der Waals surface area contributed by atoms with E-state index in [2.05, 4.69) is 6.92 Å². The van der Waals surface area contributed by atoms with Gasteiger partial charge in [-0.2, -0.15) is 0 Å². The first-order valence-electron chi connectivity index (χ1n) is 9.03. The number of halogens is 2. The lowest BCUT2D eigenvalue weighted by Gasteiger charge is -2.34. The van der Waals surface area contributed by atoms with Gasteiger partial charge in [-0.25, -0.2) is 8.78 Å². The second-order valence-corrected chi connectivity index (χ2v) is 6.80. The van der Waals surface area contributed by atoms with E-state index in [-0.39, 0.29) is 5.92 Å². The summed E-state index contributed by atoms with van der Waals surface area (Å²) in [4.78, 5) is 12.1. The molecule has 2 nitrogen and oxygen atoms in total. The van der Waals surface area contributed by atoms with Crippen LogP contribution in [0.1, 0.15) is 62.5 Å². The summed E-state index contributed by atoms with van der Waals surface area (Å²) in [6.07, 6.45) is 4.37. The number of hydrogen-bond donors (Lipinski definition) is 0. The van der Waals surface area contributed by atoms with E-state index in [9.17, 15) is 13.6 Å². The first kappa shape index (κ1) is 18.9. The molecule has 0 radical (unpaired) electrons. The van der Waals surface area contributed by atoms with Crippen molar-refractivity contribution in [1.29, 1.82) is 0 Å². The Morgan fingerprint density at radius 2 is 1.79 bits per heavy atom. The van der Waals surface area contributed by atoms with E-state index in [1.54, 1.807) is 0 Å². The van der Waals surface area contributed by atoms with E-state index in [4.69, 9.17) is 4.74 Å². The van der Waals surface area contributed by atoms with Crippen molar-refractivity contribution in [1.82, 2.24) is 0 Å². The number of ether oxygens (including phenoxy) is 1. The minimum absolute atomic E-state index is 0.119. The number of esters is 1. The highest BCUT2D eigenvalue weighted by atomic mass is 19.3. The average Bonchev–Trinajstić information content (AvgIpc) is 2.60. The molecule has 1 aliphatic carbocycles. The molecule has 1 saturated carbocycles. The summed E-state index contributed by atoms with van der Waals surface area (Å²) < 4.78 is 32.2. The molecular formula is C20H28F2O2. The number of rotatable bonds is 7. The number of carbonyl (C=O) groups is 1. The maximum absolute atomic E-state index is 13.7. The number of carbonyl (C=O) groups excluding carboxylic acids is 1. The van der Waals surface area contributed by atoms with Gasteiger partial charge in [-0.1, -0.05) is 56.9 Å². The smallest absolute Gasteiger partial charge is 0.315 e. The van der Waals surface area contributed by atoms with Gasteiger partial charge in [-0.05, 0) is 36.3 Å². The zero-order valence-electron chi connectivity index (χ0n) is 14.6. The van der Waals surface area contributed by atoms with Crippen molar-refractivity contribution in [3.8, 4) is 0 Å². The van der Waals surface area contributed by atoms with E-state index in [1.165, 1.54) is 12.7 Å². The molecule has 2 unspecified atom stereocenters. The Morgan fingerprint density at radius 3 is 2.29 bits per heavy atom. The third-order valence-corrected chi connectivity index (χ3v) is 5.19. The summed E-state index contributed by atoms with van der Waals surface area (Å²) in [5, 5.41) is 0. The molecule has 2 rings (SSSR count). The first-order chi connectivity index (χ1) is 11.6. The van der Waals surface area contributed by atoms with Gasteiger partial charge in [0.15, 0.2) is 0 Å². The molecule has 0 amide bonds. The highest BCUT2D eigenvalue weighted by Crippen LogP contribution is 2.43. The quantitative estimate of drug-likeness (QED) is 0.626. The van der Waals surface area contributed by atoms with Crippen LogP contribution in [0.2, 0.25) is 0 Å². The van der Waals surface area contributed by atoms with E-state index in [0.29, 0.717) is 0 Å². The molecule has 0 aliphatic heterocycles. The van der Waals surface area contributed by atoms with E-state index < -0.39 is 24.2 Å². The predicted octanol–water partition coefficient (Wildman–Crippen LogP) is 5.36. The van der Waals surface area contributed by atoms with Crippen molar-refractivity contribution in [3.63, 3.8) is 0 Å². The van der Waals surface area contributed by atoms with Crippen LogP contribution in [-0.4, -0.2) is 19.5 Å². The molecule has 1 aromatic rings. The number of methoxy groups -OCH3 is 1. The van der Waals surface area contributed by atoms with Gasteiger partial charge in [-0.15, -0.1) is 0 Å². The number of benzene rings is 1. The molecule has 1 aromatic carbocycles. The van der Waals surface area contributed by atoms with Crippen LogP contribution < -0.4 is 0 Å². The number of aryl methyl sites for hydroxylation is 1. The minimum Gasteiger partial charge on any atom is -0.469 e. The Bertz CT molecular complexity index is 507. The van der Waals surface area contributed by atoms with Gasteiger partial charge in [0.1, 0.15) is 5.92 Å². The lowest BCUT2D eigenvalue weighted by molar-refractivity contribution is -0.153. The van der Waals surface area contributed by atoms with Gasteiger partial charge in [-0.3, -0.25) is 4.79 Å². The van der Waals surface area contributed by atoms with Crippen LogP contribution in [0.5, 0.6) is 0 Å². The summed E-state index contributed by atoms with van der Waals surface area (Å²) in [6.45, 7) is 2.11. The fraction of sp³-hybridized carbons (Fsp3) is 0.650. The zero-order chi connectivity index (χ0) is 17.5. The fourth-order valence-corrected chi connectivity index (χ4v) is 4.00. The van der Waals surface area contributed by atoms with Crippen molar-refractivity contribution in [2.45, 2.75) is 64.2 Å². The first-order valence-corrected chi connectivity index (χ1v) is 9.03. The predicted molar refractivity (Wildman–Crippen MR) is 91.3 cm³/mol. The van der Waals surface area contributed by atoms with Crippen LogP contribution in [0.4, 0.5) is 8.78 Å². The molecule has 0 saturated heterocycles. The van der Waals surface area contributed by atoms with Crippen LogP contribution in [0.3, 0.4) is 0 Å². The second kappa shape index (κ2) is 9.14. The molecule has 0 bridgehead atoms. The van der Waals surface area contributed by atoms with Gasteiger partial charge in [0.2, 0.25) is 0 Å². The van der Waals surface area contributed by atoms with E-state index in [0.717, 1.165) is 50.5 Å². The molecule has 134 valence electrons. The van der Waals surface area contributed by atoms with Crippen LogP contribution in [0.25, 0.3) is 0 Å². The summed E-state index contributed by atoms with van der Waals surface area (Å²) >= 11 is 0. The van der Waals surface area contributed by atoms with Gasteiger partial charge in [0.05, 0.1) is 7.11 Å². The Hall–Kier alpha value is -1.45. The van der Waals surface area contributed by atoms with Crippen molar-refractivity contribution >= 4 is 5.97 Å².